The highest BCUT2D eigenvalue weighted by molar-refractivity contribution is 7.22. The van der Waals surface area contributed by atoms with Crippen LogP contribution in [0.1, 0.15) is 27.9 Å². The molecule has 0 aliphatic heterocycles. The van der Waals surface area contributed by atoms with Crippen molar-refractivity contribution in [3.63, 3.8) is 0 Å². The van der Waals surface area contributed by atoms with Gasteiger partial charge >= 0.3 is 0 Å². The number of anilines is 1. The second-order valence-electron chi connectivity index (χ2n) is 7.09. The van der Waals surface area contributed by atoms with Crippen molar-refractivity contribution in [2.75, 3.05) is 32.1 Å². The lowest BCUT2D eigenvalue weighted by atomic mass is 10.1. The average Bonchev–Trinajstić information content (AvgIpc) is 3.06. The molecule has 0 aliphatic rings. The maximum atomic E-state index is 13.3. The molecule has 4 nitrogen and oxygen atoms in total. The molecule has 8 heteroatoms. The molecule has 1 amide bonds. The van der Waals surface area contributed by atoms with Crippen LogP contribution in [-0.4, -0.2) is 43.0 Å². The molecule has 29 heavy (non-hydrogen) atoms. The molecule has 0 N–H and O–H groups in total. The van der Waals surface area contributed by atoms with Gasteiger partial charge < -0.3 is 4.90 Å². The Labute approximate surface area is 191 Å². The Balaban J connectivity index is 0.00000300. The number of benzene rings is 2. The second kappa shape index (κ2) is 10.1. The molecular formula is C21H24Cl3N3OS. The Morgan fingerprint density at radius 1 is 1.10 bits per heavy atom. The van der Waals surface area contributed by atoms with E-state index < -0.39 is 0 Å². The Bertz CT molecular complexity index is 1020. The standard InChI is InChI=1S/C21H23Cl2N3OS.ClH/c1-13-6-9-18-19(14(13)2)24-21(28-18)26(11-5-10-25(3)4)20(27)16-8-7-15(22)12-17(16)23;/h6-9,12H,5,10-11H2,1-4H3;1H. The summed E-state index contributed by atoms with van der Waals surface area (Å²) in [4.78, 5) is 22.0. The maximum absolute atomic E-state index is 13.3. The van der Waals surface area contributed by atoms with Crippen molar-refractivity contribution < 1.29 is 4.79 Å². The first-order valence-corrected chi connectivity index (χ1v) is 10.6. The zero-order valence-corrected chi connectivity index (χ0v) is 20.0. The third kappa shape index (κ3) is 5.41. The van der Waals surface area contributed by atoms with E-state index in [1.54, 1.807) is 23.1 Å². The maximum Gasteiger partial charge on any atom is 0.261 e. The molecule has 0 spiro atoms. The Morgan fingerprint density at radius 3 is 2.48 bits per heavy atom. The van der Waals surface area contributed by atoms with E-state index in [1.807, 2.05) is 14.1 Å². The summed E-state index contributed by atoms with van der Waals surface area (Å²) < 4.78 is 1.07. The molecule has 0 aliphatic carbocycles. The third-order valence-electron chi connectivity index (χ3n) is 4.70. The molecule has 0 fully saturated rings. The highest BCUT2D eigenvalue weighted by Gasteiger charge is 2.23. The first-order chi connectivity index (χ1) is 13.3. The van der Waals surface area contributed by atoms with Crippen LogP contribution < -0.4 is 4.90 Å². The zero-order valence-electron chi connectivity index (χ0n) is 16.8. The van der Waals surface area contributed by atoms with Gasteiger partial charge in [-0.3, -0.25) is 9.69 Å². The van der Waals surface area contributed by atoms with Gasteiger partial charge in [0.25, 0.3) is 5.91 Å². The van der Waals surface area contributed by atoms with Crippen molar-refractivity contribution in [2.45, 2.75) is 20.3 Å². The van der Waals surface area contributed by atoms with E-state index in [4.69, 9.17) is 28.2 Å². The molecular weight excluding hydrogens is 449 g/mol. The number of halogens is 3. The highest BCUT2D eigenvalue weighted by Crippen LogP contribution is 2.33. The normalized spacial score (nSPS) is 11.0. The predicted molar refractivity (Wildman–Crippen MR) is 128 cm³/mol. The first-order valence-electron chi connectivity index (χ1n) is 9.06. The van der Waals surface area contributed by atoms with Gasteiger partial charge in [-0.05, 0) is 76.3 Å². The van der Waals surface area contributed by atoms with Crippen LogP contribution in [0.3, 0.4) is 0 Å². The monoisotopic (exact) mass is 471 g/mol. The van der Waals surface area contributed by atoms with Gasteiger partial charge in [-0.25, -0.2) is 4.98 Å². The van der Waals surface area contributed by atoms with Crippen LogP contribution in [0.4, 0.5) is 5.13 Å². The summed E-state index contributed by atoms with van der Waals surface area (Å²) in [5, 5.41) is 1.55. The molecule has 0 saturated heterocycles. The van der Waals surface area contributed by atoms with Gasteiger partial charge in [0.1, 0.15) is 0 Å². The summed E-state index contributed by atoms with van der Waals surface area (Å²) in [6.07, 6.45) is 0.831. The van der Waals surface area contributed by atoms with Crippen LogP contribution in [0.2, 0.25) is 10.0 Å². The van der Waals surface area contributed by atoms with Crippen molar-refractivity contribution in [1.29, 1.82) is 0 Å². The lowest BCUT2D eigenvalue weighted by Crippen LogP contribution is -2.33. The van der Waals surface area contributed by atoms with Gasteiger partial charge in [0.15, 0.2) is 5.13 Å². The van der Waals surface area contributed by atoms with E-state index in [0.29, 0.717) is 27.3 Å². The molecule has 0 unspecified atom stereocenters. The van der Waals surface area contributed by atoms with Crippen LogP contribution in [0.5, 0.6) is 0 Å². The molecule has 0 radical (unpaired) electrons. The largest absolute Gasteiger partial charge is 0.309 e. The molecule has 156 valence electrons. The molecule has 2 aromatic carbocycles. The third-order valence-corrected chi connectivity index (χ3v) is 6.29. The van der Waals surface area contributed by atoms with Crippen LogP contribution in [0.25, 0.3) is 10.2 Å². The zero-order chi connectivity index (χ0) is 20.4. The number of hydrogen-bond donors (Lipinski definition) is 0. The lowest BCUT2D eigenvalue weighted by molar-refractivity contribution is 0.0986. The fraction of sp³-hybridized carbons (Fsp3) is 0.333. The summed E-state index contributed by atoms with van der Waals surface area (Å²) in [5.74, 6) is -0.158. The average molecular weight is 473 g/mol. The highest BCUT2D eigenvalue weighted by atomic mass is 35.5. The minimum Gasteiger partial charge on any atom is -0.309 e. The van der Waals surface area contributed by atoms with Gasteiger partial charge in [-0.15, -0.1) is 12.4 Å². The molecule has 1 heterocycles. The smallest absolute Gasteiger partial charge is 0.261 e. The number of fused-ring (bicyclic) bond motifs is 1. The summed E-state index contributed by atoms with van der Waals surface area (Å²) >= 11 is 13.8. The fourth-order valence-electron chi connectivity index (χ4n) is 2.97. The SMILES string of the molecule is Cc1ccc2sc(N(CCCN(C)C)C(=O)c3ccc(Cl)cc3Cl)nc2c1C.Cl. The number of rotatable bonds is 6. The van der Waals surface area contributed by atoms with E-state index in [0.717, 1.165) is 28.7 Å². The first kappa shape index (κ1) is 23.9. The van der Waals surface area contributed by atoms with Crippen LogP contribution >= 0.6 is 46.9 Å². The van der Waals surface area contributed by atoms with Crippen molar-refractivity contribution in [1.82, 2.24) is 9.88 Å². The summed E-state index contributed by atoms with van der Waals surface area (Å²) in [7, 11) is 4.04. The van der Waals surface area contributed by atoms with Crippen molar-refractivity contribution in [3.8, 4) is 0 Å². The number of aryl methyl sites for hydroxylation is 2. The van der Waals surface area contributed by atoms with Gasteiger partial charge in [0.2, 0.25) is 0 Å². The summed E-state index contributed by atoms with van der Waals surface area (Å²) in [5.41, 5.74) is 3.72. The van der Waals surface area contributed by atoms with Gasteiger partial charge in [0, 0.05) is 11.6 Å². The van der Waals surface area contributed by atoms with Crippen molar-refractivity contribution in [3.05, 3.63) is 57.1 Å². The van der Waals surface area contributed by atoms with Crippen LogP contribution in [0.15, 0.2) is 30.3 Å². The van der Waals surface area contributed by atoms with E-state index in [9.17, 15) is 4.79 Å². The number of aromatic nitrogens is 1. The minimum atomic E-state index is -0.158. The Hall–Kier alpha value is -1.37. The van der Waals surface area contributed by atoms with E-state index in [-0.39, 0.29) is 18.3 Å². The molecule has 1 aromatic heterocycles. The molecule has 0 bridgehead atoms. The number of hydrogen-bond acceptors (Lipinski definition) is 4. The molecule has 0 saturated carbocycles. The van der Waals surface area contributed by atoms with Gasteiger partial charge in [-0.2, -0.15) is 0 Å². The van der Waals surface area contributed by atoms with Gasteiger partial charge in [-0.1, -0.05) is 40.6 Å². The van der Waals surface area contributed by atoms with E-state index in [2.05, 4.69) is 30.9 Å². The topological polar surface area (TPSA) is 36.4 Å². The number of amides is 1. The Kier molecular flexibility index (Phi) is 8.32. The number of carbonyl (C=O) groups excluding carboxylic acids is 1. The lowest BCUT2D eigenvalue weighted by Gasteiger charge is -2.21. The minimum absolute atomic E-state index is 0. The second-order valence-corrected chi connectivity index (χ2v) is 8.94. The number of carbonyl (C=O) groups is 1. The van der Waals surface area contributed by atoms with E-state index in [1.165, 1.54) is 16.9 Å². The van der Waals surface area contributed by atoms with Gasteiger partial charge in [0.05, 0.1) is 20.8 Å². The fourth-order valence-corrected chi connectivity index (χ4v) is 4.51. The molecule has 3 aromatic rings. The van der Waals surface area contributed by atoms with Crippen LogP contribution in [-0.2, 0) is 0 Å². The molecule has 0 atom stereocenters. The van der Waals surface area contributed by atoms with Crippen molar-refractivity contribution >= 4 is 68.2 Å². The Morgan fingerprint density at radius 2 is 1.83 bits per heavy atom. The quantitative estimate of drug-likeness (QED) is 0.426. The van der Waals surface area contributed by atoms with Crippen molar-refractivity contribution in [2.24, 2.45) is 0 Å². The van der Waals surface area contributed by atoms with E-state index >= 15 is 0 Å². The summed E-state index contributed by atoms with van der Waals surface area (Å²) in [6, 6.07) is 9.11. The number of thiazole rings is 1. The van der Waals surface area contributed by atoms with Crippen LogP contribution in [0, 0.1) is 13.8 Å². The predicted octanol–water partition coefficient (Wildman–Crippen LogP) is 6.24. The number of nitrogens with zero attached hydrogens (tertiary/aromatic N) is 3. The molecule has 3 rings (SSSR count). The summed E-state index contributed by atoms with van der Waals surface area (Å²) in [6.45, 7) is 5.58.